The summed E-state index contributed by atoms with van der Waals surface area (Å²) in [6.07, 6.45) is 0. The molecule has 0 aromatic heterocycles. The minimum absolute atomic E-state index is 0.0662. The minimum atomic E-state index is -0.371. The monoisotopic (exact) mass is 224 g/mol. The van der Waals surface area contributed by atoms with Crippen molar-refractivity contribution in [2.45, 2.75) is 25.8 Å². The lowest BCUT2D eigenvalue weighted by molar-refractivity contribution is -0.122. The molecule has 2 atom stereocenters. The first-order valence-electron chi connectivity index (χ1n) is 5.30. The largest absolute Gasteiger partial charge is 0.352 e. The fourth-order valence-electron chi connectivity index (χ4n) is 1.35. The molecule has 4 heteroatoms. The number of hydrogen-bond acceptors (Lipinski definition) is 2. The Morgan fingerprint density at radius 3 is 2.75 bits per heavy atom. The van der Waals surface area contributed by atoms with Gasteiger partial charge in [0.25, 0.3) is 0 Å². The zero-order chi connectivity index (χ0) is 12.1. The summed E-state index contributed by atoms with van der Waals surface area (Å²) in [5.74, 6) is -0.836. The highest BCUT2D eigenvalue weighted by atomic mass is 19.1. The normalized spacial score (nSPS) is 14.2. The second-order valence-corrected chi connectivity index (χ2v) is 3.92. The molecule has 0 aliphatic carbocycles. The standard InChI is InChI=1S/C12H17FN2O/c1-8(7-14)15-12(16)9(2)10-4-3-5-11(13)6-10/h3-6,8-9H,7,14H2,1-2H3,(H,15,16)/t8-,9?/m0/s1. The predicted molar refractivity (Wildman–Crippen MR) is 61.5 cm³/mol. The maximum absolute atomic E-state index is 13.0. The first-order valence-corrected chi connectivity index (χ1v) is 5.30. The van der Waals surface area contributed by atoms with Gasteiger partial charge >= 0.3 is 0 Å². The van der Waals surface area contributed by atoms with Crippen molar-refractivity contribution >= 4 is 5.91 Å². The Morgan fingerprint density at radius 1 is 1.50 bits per heavy atom. The summed E-state index contributed by atoms with van der Waals surface area (Å²) in [6.45, 7) is 3.96. The van der Waals surface area contributed by atoms with Gasteiger partial charge in [0.15, 0.2) is 0 Å². The van der Waals surface area contributed by atoms with Crippen LogP contribution in [-0.4, -0.2) is 18.5 Å². The molecule has 1 aromatic rings. The van der Waals surface area contributed by atoms with Gasteiger partial charge in [-0.05, 0) is 31.5 Å². The van der Waals surface area contributed by atoms with E-state index in [9.17, 15) is 9.18 Å². The first kappa shape index (κ1) is 12.6. The van der Waals surface area contributed by atoms with Gasteiger partial charge in [-0.3, -0.25) is 4.79 Å². The Kier molecular flexibility index (Phi) is 4.43. The number of benzene rings is 1. The highest BCUT2D eigenvalue weighted by molar-refractivity contribution is 5.83. The van der Waals surface area contributed by atoms with Gasteiger partial charge in [0.05, 0.1) is 5.92 Å². The van der Waals surface area contributed by atoms with Crippen molar-refractivity contribution in [3.63, 3.8) is 0 Å². The van der Waals surface area contributed by atoms with Gasteiger partial charge in [-0.25, -0.2) is 4.39 Å². The third-order valence-electron chi connectivity index (χ3n) is 2.48. The molecule has 0 aliphatic rings. The topological polar surface area (TPSA) is 55.1 Å². The average molecular weight is 224 g/mol. The molecule has 0 saturated carbocycles. The lowest BCUT2D eigenvalue weighted by Crippen LogP contribution is -2.39. The molecule has 0 aliphatic heterocycles. The van der Waals surface area contributed by atoms with E-state index in [1.165, 1.54) is 12.1 Å². The molecule has 16 heavy (non-hydrogen) atoms. The van der Waals surface area contributed by atoms with Gasteiger partial charge in [0.1, 0.15) is 5.82 Å². The van der Waals surface area contributed by atoms with Crippen molar-refractivity contribution in [3.8, 4) is 0 Å². The molecule has 1 amide bonds. The molecule has 0 fully saturated rings. The van der Waals surface area contributed by atoms with Gasteiger partial charge in [0, 0.05) is 12.6 Å². The molecule has 3 N–H and O–H groups in total. The summed E-state index contributed by atoms with van der Waals surface area (Å²) in [5.41, 5.74) is 6.08. The van der Waals surface area contributed by atoms with Crippen LogP contribution in [0.3, 0.4) is 0 Å². The number of nitrogens with one attached hydrogen (secondary N) is 1. The molecule has 0 spiro atoms. The van der Waals surface area contributed by atoms with Crippen LogP contribution in [0.5, 0.6) is 0 Å². The van der Waals surface area contributed by atoms with Crippen molar-refractivity contribution in [1.29, 1.82) is 0 Å². The van der Waals surface area contributed by atoms with Crippen LogP contribution < -0.4 is 11.1 Å². The second-order valence-electron chi connectivity index (χ2n) is 3.92. The molecule has 0 bridgehead atoms. The van der Waals surface area contributed by atoms with E-state index in [1.54, 1.807) is 19.1 Å². The first-order chi connectivity index (χ1) is 7.54. The van der Waals surface area contributed by atoms with Crippen molar-refractivity contribution < 1.29 is 9.18 Å². The van der Waals surface area contributed by atoms with Crippen LogP contribution in [0.1, 0.15) is 25.3 Å². The number of halogens is 1. The van der Waals surface area contributed by atoms with Crippen molar-refractivity contribution in [1.82, 2.24) is 5.32 Å². The molecular formula is C12H17FN2O. The molecule has 0 radical (unpaired) electrons. The van der Waals surface area contributed by atoms with E-state index in [0.29, 0.717) is 12.1 Å². The van der Waals surface area contributed by atoms with Crippen LogP contribution in [0, 0.1) is 5.82 Å². The number of hydrogen-bond donors (Lipinski definition) is 2. The number of amides is 1. The molecule has 1 unspecified atom stereocenters. The maximum atomic E-state index is 13.0. The SMILES string of the molecule is CC(C(=O)N[C@@H](C)CN)c1cccc(F)c1. The van der Waals surface area contributed by atoms with E-state index in [1.807, 2.05) is 6.92 Å². The van der Waals surface area contributed by atoms with Crippen LogP contribution in [0.4, 0.5) is 4.39 Å². The smallest absolute Gasteiger partial charge is 0.227 e. The Hall–Kier alpha value is -1.42. The number of rotatable bonds is 4. The van der Waals surface area contributed by atoms with Gasteiger partial charge in [-0.15, -0.1) is 0 Å². The Balaban J connectivity index is 2.70. The summed E-state index contributed by atoms with van der Waals surface area (Å²) in [6, 6.07) is 6.00. The van der Waals surface area contributed by atoms with E-state index in [2.05, 4.69) is 5.32 Å². The molecule has 0 saturated heterocycles. The van der Waals surface area contributed by atoms with E-state index in [0.717, 1.165) is 0 Å². The fourth-order valence-corrected chi connectivity index (χ4v) is 1.35. The zero-order valence-electron chi connectivity index (χ0n) is 9.53. The van der Waals surface area contributed by atoms with E-state index >= 15 is 0 Å². The van der Waals surface area contributed by atoms with Crippen molar-refractivity contribution in [3.05, 3.63) is 35.6 Å². The van der Waals surface area contributed by atoms with Crippen LogP contribution in [0.25, 0.3) is 0 Å². The Bertz CT molecular complexity index is 368. The van der Waals surface area contributed by atoms with E-state index < -0.39 is 0 Å². The molecular weight excluding hydrogens is 207 g/mol. The third kappa shape index (κ3) is 3.31. The number of carbonyl (C=O) groups excluding carboxylic acids is 1. The summed E-state index contributed by atoms with van der Waals surface area (Å²) in [7, 11) is 0. The summed E-state index contributed by atoms with van der Waals surface area (Å²) >= 11 is 0. The number of nitrogens with two attached hydrogens (primary N) is 1. The van der Waals surface area contributed by atoms with Gasteiger partial charge < -0.3 is 11.1 Å². The Labute approximate surface area is 94.8 Å². The summed E-state index contributed by atoms with van der Waals surface area (Å²) in [5, 5.41) is 2.76. The van der Waals surface area contributed by atoms with Crippen LogP contribution in [0.15, 0.2) is 24.3 Å². The average Bonchev–Trinajstić information content (AvgIpc) is 2.27. The molecule has 88 valence electrons. The highest BCUT2D eigenvalue weighted by Crippen LogP contribution is 2.16. The Morgan fingerprint density at radius 2 is 2.19 bits per heavy atom. The molecule has 3 nitrogen and oxygen atoms in total. The van der Waals surface area contributed by atoms with Crippen LogP contribution in [-0.2, 0) is 4.79 Å². The third-order valence-corrected chi connectivity index (χ3v) is 2.48. The lowest BCUT2D eigenvalue weighted by atomic mass is 10.00. The lowest BCUT2D eigenvalue weighted by Gasteiger charge is -2.16. The van der Waals surface area contributed by atoms with Gasteiger partial charge in [0.2, 0.25) is 5.91 Å². The minimum Gasteiger partial charge on any atom is -0.352 e. The summed E-state index contributed by atoms with van der Waals surface area (Å²) < 4.78 is 13.0. The van der Waals surface area contributed by atoms with Crippen molar-refractivity contribution in [2.24, 2.45) is 5.73 Å². The van der Waals surface area contributed by atoms with Gasteiger partial charge in [-0.1, -0.05) is 12.1 Å². The highest BCUT2D eigenvalue weighted by Gasteiger charge is 2.16. The predicted octanol–water partition coefficient (Wildman–Crippen LogP) is 1.39. The van der Waals surface area contributed by atoms with E-state index in [4.69, 9.17) is 5.73 Å². The van der Waals surface area contributed by atoms with E-state index in [-0.39, 0.29) is 23.7 Å². The fraction of sp³-hybridized carbons (Fsp3) is 0.417. The number of carbonyl (C=O) groups is 1. The van der Waals surface area contributed by atoms with Crippen LogP contribution in [0.2, 0.25) is 0 Å². The quantitative estimate of drug-likeness (QED) is 0.812. The zero-order valence-corrected chi connectivity index (χ0v) is 9.53. The maximum Gasteiger partial charge on any atom is 0.227 e. The summed E-state index contributed by atoms with van der Waals surface area (Å²) in [4.78, 5) is 11.7. The van der Waals surface area contributed by atoms with Crippen LogP contribution >= 0.6 is 0 Å². The van der Waals surface area contributed by atoms with Crippen molar-refractivity contribution in [2.75, 3.05) is 6.54 Å². The second kappa shape index (κ2) is 5.61. The van der Waals surface area contributed by atoms with Gasteiger partial charge in [-0.2, -0.15) is 0 Å². The molecule has 1 rings (SSSR count). The molecule has 1 aromatic carbocycles. The molecule has 0 heterocycles.